The Morgan fingerprint density at radius 3 is 2.70 bits per heavy atom. The summed E-state index contributed by atoms with van der Waals surface area (Å²) in [6.07, 6.45) is 8.28. The molecule has 1 aromatic rings. The van der Waals surface area contributed by atoms with Gasteiger partial charge in [0.25, 0.3) is 0 Å². The highest BCUT2D eigenvalue weighted by atomic mass is 32.2. The third-order valence-corrected chi connectivity index (χ3v) is 5.88. The summed E-state index contributed by atoms with van der Waals surface area (Å²) >= 11 is 0. The SMILES string of the molecule is Cn1cc(CN2CCC[C@]3(CCN3S(C)(=O)=O)C2)cn1. The van der Waals surface area contributed by atoms with Crippen molar-refractivity contribution in [2.24, 2.45) is 7.05 Å². The van der Waals surface area contributed by atoms with E-state index in [0.29, 0.717) is 6.54 Å². The molecule has 0 N–H and O–H groups in total. The van der Waals surface area contributed by atoms with Crippen LogP contribution in [0.5, 0.6) is 0 Å². The van der Waals surface area contributed by atoms with Gasteiger partial charge in [-0.15, -0.1) is 0 Å². The summed E-state index contributed by atoms with van der Waals surface area (Å²) in [5, 5.41) is 4.19. The van der Waals surface area contributed by atoms with Gasteiger partial charge in [-0.2, -0.15) is 9.40 Å². The Labute approximate surface area is 120 Å². The van der Waals surface area contributed by atoms with Crippen molar-refractivity contribution < 1.29 is 8.42 Å². The number of aryl methyl sites for hydroxylation is 1. The fourth-order valence-corrected chi connectivity index (χ4v) is 4.96. The summed E-state index contributed by atoms with van der Waals surface area (Å²) in [4.78, 5) is 2.36. The van der Waals surface area contributed by atoms with Crippen molar-refractivity contribution in [2.45, 2.75) is 31.3 Å². The third-order valence-electron chi connectivity index (χ3n) is 4.51. The summed E-state index contributed by atoms with van der Waals surface area (Å²) in [5.41, 5.74) is 1.04. The van der Waals surface area contributed by atoms with Crippen LogP contribution in [0, 0.1) is 0 Å². The van der Waals surface area contributed by atoms with Crippen LogP contribution in [0.4, 0.5) is 0 Å². The maximum atomic E-state index is 11.8. The zero-order valence-electron chi connectivity index (χ0n) is 12.1. The molecule has 0 aliphatic carbocycles. The van der Waals surface area contributed by atoms with Gasteiger partial charge in [-0.05, 0) is 25.8 Å². The van der Waals surface area contributed by atoms with Gasteiger partial charge in [-0.25, -0.2) is 8.42 Å². The van der Waals surface area contributed by atoms with E-state index in [-0.39, 0.29) is 5.54 Å². The van der Waals surface area contributed by atoms with Gasteiger partial charge >= 0.3 is 0 Å². The molecule has 0 unspecified atom stereocenters. The van der Waals surface area contributed by atoms with E-state index in [1.54, 1.807) is 8.99 Å². The average Bonchev–Trinajstić information content (AvgIpc) is 2.71. The lowest BCUT2D eigenvalue weighted by Crippen LogP contribution is -2.67. The minimum atomic E-state index is -3.08. The number of nitrogens with zero attached hydrogens (tertiary/aromatic N) is 4. The summed E-state index contributed by atoms with van der Waals surface area (Å²) in [6, 6.07) is 0. The molecule has 2 aliphatic rings. The monoisotopic (exact) mass is 298 g/mol. The Hall–Kier alpha value is -0.920. The predicted octanol–water partition coefficient (Wildman–Crippen LogP) is 0.420. The molecule has 7 heteroatoms. The van der Waals surface area contributed by atoms with E-state index < -0.39 is 10.0 Å². The van der Waals surface area contributed by atoms with Crippen molar-refractivity contribution in [1.29, 1.82) is 0 Å². The van der Waals surface area contributed by atoms with Crippen LogP contribution in [0.2, 0.25) is 0 Å². The molecule has 3 heterocycles. The van der Waals surface area contributed by atoms with Crippen LogP contribution in [0.3, 0.4) is 0 Å². The van der Waals surface area contributed by atoms with E-state index in [4.69, 9.17) is 0 Å². The van der Waals surface area contributed by atoms with Gasteiger partial charge in [0, 0.05) is 44.0 Å². The maximum absolute atomic E-state index is 11.8. The van der Waals surface area contributed by atoms with Crippen LogP contribution in [-0.4, -0.2) is 58.8 Å². The minimum absolute atomic E-state index is 0.145. The Balaban J connectivity index is 1.71. The van der Waals surface area contributed by atoms with Crippen molar-refractivity contribution in [2.75, 3.05) is 25.9 Å². The van der Waals surface area contributed by atoms with E-state index >= 15 is 0 Å². The largest absolute Gasteiger partial charge is 0.297 e. The second kappa shape index (κ2) is 4.82. The van der Waals surface area contributed by atoms with Gasteiger partial charge in [-0.1, -0.05) is 0 Å². The molecule has 0 amide bonds. The van der Waals surface area contributed by atoms with Crippen LogP contribution < -0.4 is 0 Å². The fourth-order valence-electron chi connectivity index (χ4n) is 3.60. The zero-order chi connectivity index (χ0) is 14.4. The fraction of sp³-hybridized carbons (Fsp3) is 0.769. The number of hydrogen-bond acceptors (Lipinski definition) is 4. The van der Waals surface area contributed by atoms with Crippen LogP contribution >= 0.6 is 0 Å². The molecule has 2 fully saturated rings. The van der Waals surface area contributed by atoms with Crippen molar-refractivity contribution >= 4 is 10.0 Å². The van der Waals surface area contributed by atoms with Crippen molar-refractivity contribution in [3.63, 3.8) is 0 Å². The first kappa shape index (κ1) is 14.0. The topological polar surface area (TPSA) is 58.4 Å². The molecule has 1 spiro atoms. The molecule has 1 aromatic heterocycles. The van der Waals surface area contributed by atoms with Gasteiger partial charge in [-0.3, -0.25) is 9.58 Å². The van der Waals surface area contributed by atoms with Gasteiger partial charge in [0.15, 0.2) is 0 Å². The Morgan fingerprint density at radius 1 is 1.35 bits per heavy atom. The highest BCUT2D eigenvalue weighted by Crippen LogP contribution is 2.40. The third kappa shape index (κ3) is 2.49. The highest BCUT2D eigenvalue weighted by Gasteiger charge is 2.51. The van der Waals surface area contributed by atoms with E-state index in [2.05, 4.69) is 10.00 Å². The van der Waals surface area contributed by atoms with E-state index in [9.17, 15) is 8.42 Å². The molecule has 0 aromatic carbocycles. The molecular weight excluding hydrogens is 276 g/mol. The normalized spacial score (nSPS) is 28.7. The molecule has 0 radical (unpaired) electrons. The highest BCUT2D eigenvalue weighted by molar-refractivity contribution is 7.88. The number of hydrogen-bond donors (Lipinski definition) is 0. The Morgan fingerprint density at radius 2 is 2.15 bits per heavy atom. The molecule has 20 heavy (non-hydrogen) atoms. The van der Waals surface area contributed by atoms with Crippen LogP contribution in [-0.2, 0) is 23.6 Å². The maximum Gasteiger partial charge on any atom is 0.211 e. The molecule has 112 valence electrons. The number of piperidine rings is 1. The van der Waals surface area contributed by atoms with Crippen LogP contribution in [0.1, 0.15) is 24.8 Å². The van der Waals surface area contributed by atoms with E-state index in [1.165, 1.54) is 11.8 Å². The standard InChI is InChI=1S/C13H22N4O2S/c1-15-9-12(8-14-15)10-16-6-3-4-13(11-16)5-7-17(13)20(2,18)19/h8-9H,3-7,10-11H2,1-2H3/t13-/m0/s1. The molecule has 6 nitrogen and oxygen atoms in total. The summed E-state index contributed by atoms with van der Waals surface area (Å²) < 4.78 is 27.2. The first-order valence-electron chi connectivity index (χ1n) is 7.07. The lowest BCUT2D eigenvalue weighted by molar-refractivity contribution is -0.00794. The Bertz CT molecular complexity index is 597. The van der Waals surface area contributed by atoms with Gasteiger partial charge in [0.2, 0.25) is 10.0 Å². The van der Waals surface area contributed by atoms with Gasteiger partial charge < -0.3 is 0 Å². The minimum Gasteiger partial charge on any atom is -0.297 e. The molecule has 2 aliphatic heterocycles. The van der Waals surface area contributed by atoms with Crippen LogP contribution in [0.15, 0.2) is 12.4 Å². The first-order chi connectivity index (χ1) is 9.39. The molecule has 0 bridgehead atoms. The Kier molecular flexibility index (Phi) is 3.38. The molecule has 3 rings (SSSR count). The number of rotatable bonds is 3. The first-order valence-corrected chi connectivity index (χ1v) is 8.92. The smallest absolute Gasteiger partial charge is 0.211 e. The lowest BCUT2D eigenvalue weighted by atomic mass is 9.80. The van der Waals surface area contributed by atoms with Gasteiger partial charge in [0.05, 0.1) is 12.5 Å². The van der Waals surface area contributed by atoms with E-state index in [0.717, 1.165) is 38.9 Å². The second-order valence-corrected chi connectivity index (χ2v) is 8.05. The lowest BCUT2D eigenvalue weighted by Gasteiger charge is -2.55. The van der Waals surface area contributed by atoms with Crippen molar-refractivity contribution in [3.05, 3.63) is 18.0 Å². The number of likely N-dealkylation sites (tertiary alicyclic amines) is 1. The zero-order valence-corrected chi connectivity index (χ0v) is 12.9. The van der Waals surface area contributed by atoms with Gasteiger partial charge in [0.1, 0.15) is 0 Å². The summed E-state index contributed by atoms with van der Waals surface area (Å²) in [5.74, 6) is 0. The van der Waals surface area contributed by atoms with Crippen molar-refractivity contribution in [1.82, 2.24) is 19.0 Å². The summed E-state index contributed by atoms with van der Waals surface area (Å²) in [7, 11) is -1.16. The van der Waals surface area contributed by atoms with Crippen LogP contribution in [0.25, 0.3) is 0 Å². The summed E-state index contributed by atoms with van der Waals surface area (Å²) in [6.45, 7) is 3.41. The number of sulfonamides is 1. The molecular formula is C13H22N4O2S. The van der Waals surface area contributed by atoms with Crippen molar-refractivity contribution in [3.8, 4) is 0 Å². The molecule has 2 saturated heterocycles. The average molecular weight is 298 g/mol. The quantitative estimate of drug-likeness (QED) is 0.811. The molecule has 1 atom stereocenters. The molecule has 0 saturated carbocycles. The second-order valence-electron chi connectivity index (χ2n) is 6.15. The number of aromatic nitrogens is 2. The van der Waals surface area contributed by atoms with E-state index in [1.807, 2.05) is 19.4 Å². The predicted molar refractivity (Wildman–Crippen MR) is 76.6 cm³/mol.